The summed E-state index contributed by atoms with van der Waals surface area (Å²) < 4.78 is 5.32. The van der Waals surface area contributed by atoms with E-state index in [0.29, 0.717) is 0 Å². The van der Waals surface area contributed by atoms with Crippen LogP contribution in [-0.2, 0) is 4.74 Å². The highest BCUT2D eigenvalue weighted by Gasteiger charge is 2.04. The molecule has 0 rings (SSSR count). The molecular weight excluding hydrogens is 208 g/mol. The maximum Gasteiger partial charge on any atom is 0.0877 e. The lowest BCUT2D eigenvalue weighted by molar-refractivity contribution is 0.201. The lowest BCUT2D eigenvalue weighted by Crippen LogP contribution is -2.01. The van der Waals surface area contributed by atoms with Gasteiger partial charge >= 0.3 is 0 Å². The first kappa shape index (κ1) is 21.8. The largest absolute Gasteiger partial charge is 0.499 e. The van der Waals surface area contributed by atoms with Crippen molar-refractivity contribution in [2.75, 3.05) is 6.61 Å². The molecular formula is C16H36O. The highest BCUT2D eigenvalue weighted by molar-refractivity contribution is 4.73. The van der Waals surface area contributed by atoms with Gasteiger partial charge in [-0.25, -0.2) is 0 Å². The van der Waals surface area contributed by atoms with E-state index in [2.05, 4.69) is 20.4 Å². The molecule has 0 aromatic rings. The van der Waals surface area contributed by atoms with E-state index in [1.165, 1.54) is 32.1 Å². The van der Waals surface area contributed by atoms with Crippen molar-refractivity contribution in [2.24, 2.45) is 5.92 Å². The molecule has 0 radical (unpaired) electrons. The van der Waals surface area contributed by atoms with Gasteiger partial charge in [0.15, 0.2) is 0 Å². The van der Waals surface area contributed by atoms with Crippen molar-refractivity contribution in [2.45, 2.75) is 80.6 Å². The molecule has 0 fully saturated rings. The first-order chi connectivity index (χ1) is 8.20. The zero-order chi connectivity index (χ0) is 14.1. The molecule has 1 nitrogen and oxygen atoms in total. The molecule has 1 unspecified atom stereocenters. The summed E-state index contributed by atoms with van der Waals surface area (Å²) in [7, 11) is 0. The van der Waals surface area contributed by atoms with E-state index in [4.69, 9.17) is 4.74 Å². The van der Waals surface area contributed by atoms with Crippen molar-refractivity contribution in [1.29, 1.82) is 0 Å². The maximum absolute atomic E-state index is 5.32. The second kappa shape index (κ2) is 20.9. The molecule has 1 atom stereocenters. The predicted molar refractivity (Wildman–Crippen MR) is 81.4 cm³/mol. The molecule has 0 saturated carbocycles. The first-order valence-electron chi connectivity index (χ1n) is 7.49. The Morgan fingerprint density at radius 1 is 1.06 bits per heavy atom. The van der Waals surface area contributed by atoms with Crippen molar-refractivity contribution < 1.29 is 4.74 Å². The molecule has 0 spiro atoms. The van der Waals surface area contributed by atoms with Gasteiger partial charge in [-0.15, -0.1) is 0 Å². The van der Waals surface area contributed by atoms with Crippen LogP contribution in [0, 0.1) is 5.92 Å². The standard InChI is InChI=1S/C12H24O.2C2H6/c1-5-8-12(6-2)9-7-10-13-11(3)4;2*1-2/h12H,3,5-10H2,1-2,4H3;2*1-2H3. The van der Waals surface area contributed by atoms with E-state index in [0.717, 1.165) is 18.3 Å². The van der Waals surface area contributed by atoms with Gasteiger partial charge in [-0.2, -0.15) is 0 Å². The fraction of sp³-hybridized carbons (Fsp3) is 0.875. The molecule has 0 amide bonds. The Morgan fingerprint density at radius 2 is 1.59 bits per heavy atom. The Morgan fingerprint density at radius 3 is 1.94 bits per heavy atom. The molecule has 0 heterocycles. The summed E-state index contributed by atoms with van der Waals surface area (Å²) in [6.45, 7) is 19.0. The van der Waals surface area contributed by atoms with E-state index < -0.39 is 0 Å². The minimum absolute atomic E-state index is 0.837. The van der Waals surface area contributed by atoms with Crippen molar-refractivity contribution in [3.05, 3.63) is 12.3 Å². The first-order valence-corrected chi connectivity index (χ1v) is 7.49. The summed E-state index contributed by atoms with van der Waals surface area (Å²) in [5.41, 5.74) is 0. The fourth-order valence-corrected chi connectivity index (χ4v) is 1.58. The number of allylic oxidation sites excluding steroid dienone is 1. The van der Waals surface area contributed by atoms with Crippen molar-refractivity contribution in [1.82, 2.24) is 0 Å². The lowest BCUT2D eigenvalue weighted by atomic mass is 9.96. The molecule has 0 aliphatic rings. The molecule has 0 aliphatic carbocycles. The van der Waals surface area contributed by atoms with E-state index in [-0.39, 0.29) is 0 Å². The van der Waals surface area contributed by atoms with Crippen LogP contribution in [0.4, 0.5) is 0 Å². The van der Waals surface area contributed by atoms with Gasteiger partial charge in [0.25, 0.3) is 0 Å². The van der Waals surface area contributed by atoms with Gasteiger partial charge in [0.2, 0.25) is 0 Å². The number of ether oxygens (including phenoxy) is 1. The quantitative estimate of drug-likeness (QED) is 0.365. The fourth-order valence-electron chi connectivity index (χ4n) is 1.58. The topological polar surface area (TPSA) is 9.23 Å². The van der Waals surface area contributed by atoms with Crippen LogP contribution in [-0.4, -0.2) is 6.61 Å². The molecule has 0 bridgehead atoms. The predicted octanol–water partition coefficient (Wildman–Crippen LogP) is 6.20. The van der Waals surface area contributed by atoms with Gasteiger partial charge in [0.05, 0.1) is 12.4 Å². The Bertz CT molecular complexity index is 129. The van der Waals surface area contributed by atoms with Gasteiger partial charge in [0.1, 0.15) is 0 Å². The molecule has 0 aromatic carbocycles. The zero-order valence-electron chi connectivity index (χ0n) is 13.4. The minimum atomic E-state index is 0.837. The molecule has 0 N–H and O–H groups in total. The normalized spacial score (nSPS) is 10.3. The molecule has 106 valence electrons. The average Bonchev–Trinajstić information content (AvgIpc) is 2.37. The van der Waals surface area contributed by atoms with Gasteiger partial charge in [0, 0.05) is 0 Å². The van der Waals surface area contributed by atoms with Crippen LogP contribution < -0.4 is 0 Å². The summed E-state index contributed by atoms with van der Waals surface area (Å²) in [4.78, 5) is 0. The van der Waals surface area contributed by atoms with E-state index in [9.17, 15) is 0 Å². The summed E-state index contributed by atoms with van der Waals surface area (Å²) in [5, 5.41) is 0. The third kappa shape index (κ3) is 21.4. The molecule has 1 heteroatoms. The van der Waals surface area contributed by atoms with E-state index >= 15 is 0 Å². The van der Waals surface area contributed by atoms with Crippen LogP contribution in [0.3, 0.4) is 0 Å². The molecule has 17 heavy (non-hydrogen) atoms. The number of hydrogen-bond acceptors (Lipinski definition) is 1. The average molecular weight is 244 g/mol. The molecule has 0 aliphatic heterocycles. The molecule has 0 saturated heterocycles. The van der Waals surface area contributed by atoms with Crippen LogP contribution in [0.25, 0.3) is 0 Å². The third-order valence-corrected chi connectivity index (χ3v) is 2.38. The Hall–Kier alpha value is -0.460. The second-order valence-electron chi connectivity index (χ2n) is 3.76. The highest BCUT2D eigenvalue weighted by atomic mass is 16.5. The Balaban J connectivity index is -0.000000439. The molecule has 0 aromatic heterocycles. The lowest BCUT2D eigenvalue weighted by Gasteiger charge is -2.13. The number of hydrogen-bond donors (Lipinski definition) is 0. The Kier molecular flexibility index (Phi) is 26.8. The summed E-state index contributed by atoms with van der Waals surface area (Å²) >= 11 is 0. The summed E-state index contributed by atoms with van der Waals surface area (Å²) in [6, 6.07) is 0. The van der Waals surface area contributed by atoms with Crippen molar-refractivity contribution in [3.8, 4) is 0 Å². The van der Waals surface area contributed by atoms with Crippen LogP contribution in [0.1, 0.15) is 80.6 Å². The van der Waals surface area contributed by atoms with Crippen LogP contribution in [0.5, 0.6) is 0 Å². The van der Waals surface area contributed by atoms with Crippen LogP contribution >= 0.6 is 0 Å². The van der Waals surface area contributed by atoms with Crippen molar-refractivity contribution >= 4 is 0 Å². The van der Waals surface area contributed by atoms with Gasteiger partial charge < -0.3 is 4.74 Å². The number of rotatable bonds is 8. The summed E-state index contributed by atoms with van der Waals surface area (Å²) in [5.74, 6) is 1.74. The maximum atomic E-state index is 5.32. The van der Waals surface area contributed by atoms with Crippen molar-refractivity contribution in [3.63, 3.8) is 0 Å². The smallest absolute Gasteiger partial charge is 0.0877 e. The highest BCUT2D eigenvalue weighted by Crippen LogP contribution is 2.17. The SMILES string of the molecule is C=C(C)OCCCC(CC)CCC.CC.CC. The second-order valence-corrected chi connectivity index (χ2v) is 3.76. The zero-order valence-corrected chi connectivity index (χ0v) is 13.4. The van der Waals surface area contributed by atoms with Gasteiger partial charge in [-0.1, -0.05) is 67.4 Å². The van der Waals surface area contributed by atoms with Crippen LogP contribution in [0.15, 0.2) is 12.3 Å². The third-order valence-electron chi connectivity index (χ3n) is 2.38. The van der Waals surface area contributed by atoms with E-state index in [1.54, 1.807) is 0 Å². The monoisotopic (exact) mass is 244 g/mol. The minimum Gasteiger partial charge on any atom is -0.499 e. The van der Waals surface area contributed by atoms with Gasteiger partial charge in [-0.05, 0) is 25.7 Å². The van der Waals surface area contributed by atoms with Crippen LogP contribution in [0.2, 0.25) is 0 Å². The van der Waals surface area contributed by atoms with Gasteiger partial charge in [-0.3, -0.25) is 0 Å². The Labute approximate surface area is 111 Å². The summed E-state index contributed by atoms with van der Waals surface area (Å²) in [6.07, 6.45) is 6.45. The van der Waals surface area contributed by atoms with E-state index in [1.807, 2.05) is 34.6 Å².